The Balaban J connectivity index is 2.16. The third kappa shape index (κ3) is 4.19. The topological polar surface area (TPSA) is 85.0 Å². The highest BCUT2D eigenvalue weighted by Crippen LogP contribution is 2.24. The molecular formula is C16H24N3O4S+. The first-order valence-corrected chi connectivity index (χ1v) is 9.38. The van der Waals surface area contributed by atoms with Crippen LogP contribution in [0.1, 0.15) is 19.4 Å². The number of sulfonamides is 1. The van der Waals surface area contributed by atoms with Gasteiger partial charge in [0.25, 0.3) is 5.69 Å². The first-order chi connectivity index (χ1) is 11.2. The average Bonchev–Trinajstić information content (AvgIpc) is 2.53. The van der Waals surface area contributed by atoms with Gasteiger partial charge in [0, 0.05) is 12.1 Å². The predicted molar refractivity (Wildman–Crippen MR) is 91.6 cm³/mol. The first kappa shape index (κ1) is 18.6. The molecule has 1 fully saturated rings. The number of nitro benzene ring substituents is 1. The molecule has 1 aliphatic heterocycles. The number of quaternary nitrogens is 1. The van der Waals surface area contributed by atoms with Gasteiger partial charge in [0.15, 0.2) is 0 Å². The van der Waals surface area contributed by atoms with E-state index >= 15 is 0 Å². The van der Waals surface area contributed by atoms with Crippen molar-refractivity contribution >= 4 is 15.7 Å². The largest absolute Gasteiger partial charge is 0.329 e. The Labute approximate surface area is 142 Å². The summed E-state index contributed by atoms with van der Waals surface area (Å²) in [6, 6.07) is 3.98. The monoisotopic (exact) mass is 354 g/mol. The molecular weight excluding hydrogens is 330 g/mol. The van der Waals surface area contributed by atoms with Crippen LogP contribution in [0.4, 0.5) is 5.69 Å². The highest BCUT2D eigenvalue weighted by atomic mass is 32.2. The molecule has 1 aliphatic rings. The predicted octanol–water partition coefficient (Wildman–Crippen LogP) is 0.759. The summed E-state index contributed by atoms with van der Waals surface area (Å²) in [5, 5.41) is 10.9. The van der Waals surface area contributed by atoms with Crippen molar-refractivity contribution < 1.29 is 18.2 Å². The summed E-state index contributed by atoms with van der Waals surface area (Å²) in [6.45, 7) is 8.97. The van der Waals surface area contributed by atoms with Gasteiger partial charge in [-0.1, -0.05) is 11.6 Å². The maximum Gasteiger partial charge on any atom is 0.270 e. The molecule has 0 atom stereocenters. The van der Waals surface area contributed by atoms with E-state index in [1.807, 2.05) is 13.8 Å². The van der Waals surface area contributed by atoms with Crippen molar-refractivity contribution in [2.24, 2.45) is 0 Å². The van der Waals surface area contributed by atoms with E-state index in [4.69, 9.17) is 0 Å². The van der Waals surface area contributed by atoms with Crippen LogP contribution in [0.3, 0.4) is 0 Å². The standard InChI is InChI=1S/C16H23N3O4S/c1-13(2)6-7-17-8-10-18(11-9-17)24(22,23)16-12-15(19(20)21)5-4-14(16)3/h4-6,12H,7-11H2,1-3H3/p+1. The smallest absolute Gasteiger partial charge is 0.270 e. The number of hydrogen-bond acceptors (Lipinski definition) is 4. The molecule has 0 spiro atoms. The molecule has 1 aromatic rings. The van der Waals surface area contributed by atoms with E-state index in [2.05, 4.69) is 6.08 Å². The molecule has 1 N–H and O–H groups in total. The van der Waals surface area contributed by atoms with E-state index in [1.54, 1.807) is 6.92 Å². The van der Waals surface area contributed by atoms with Crippen molar-refractivity contribution in [1.29, 1.82) is 0 Å². The molecule has 2 rings (SSSR count). The molecule has 1 aromatic carbocycles. The second kappa shape index (κ2) is 7.42. The Morgan fingerprint density at radius 2 is 1.96 bits per heavy atom. The van der Waals surface area contributed by atoms with Crippen LogP contribution in [0.2, 0.25) is 0 Å². The normalized spacial score (nSPS) is 16.8. The molecule has 8 heteroatoms. The highest BCUT2D eigenvalue weighted by molar-refractivity contribution is 7.89. The minimum absolute atomic E-state index is 0.0319. The van der Waals surface area contributed by atoms with Crippen LogP contribution in [0.25, 0.3) is 0 Å². The molecule has 7 nitrogen and oxygen atoms in total. The van der Waals surface area contributed by atoms with Crippen molar-refractivity contribution in [2.45, 2.75) is 25.7 Å². The SMILES string of the molecule is CC(C)=CC[NH+]1CCN(S(=O)(=O)c2cc([N+](=O)[O-])ccc2C)CC1. The Hall–Kier alpha value is -1.77. The number of piperazine rings is 1. The minimum atomic E-state index is -3.70. The number of nitro groups is 1. The summed E-state index contributed by atoms with van der Waals surface area (Å²) >= 11 is 0. The molecule has 0 unspecified atom stereocenters. The number of allylic oxidation sites excluding steroid dienone is 1. The van der Waals surface area contributed by atoms with E-state index in [9.17, 15) is 18.5 Å². The van der Waals surface area contributed by atoms with Gasteiger partial charge in [-0.15, -0.1) is 0 Å². The van der Waals surface area contributed by atoms with Gasteiger partial charge in [0.2, 0.25) is 10.0 Å². The molecule has 0 aliphatic carbocycles. The van der Waals surface area contributed by atoms with E-state index in [0.717, 1.165) is 25.7 Å². The van der Waals surface area contributed by atoms with Crippen LogP contribution in [0, 0.1) is 17.0 Å². The van der Waals surface area contributed by atoms with Crippen LogP contribution in [0.5, 0.6) is 0 Å². The number of rotatable bonds is 5. The molecule has 0 radical (unpaired) electrons. The summed E-state index contributed by atoms with van der Waals surface area (Å²) in [4.78, 5) is 11.7. The summed E-state index contributed by atoms with van der Waals surface area (Å²) in [5.74, 6) is 0. The molecule has 0 amide bonds. The first-order valence-electron chi connectivity index (χ1n) is 7.94. The number of nitrogens with one attached hydrogen (secondary N) is 1. The van der Waals surface area contributed by atoms with Crippen LogP contribution in [-0.4, -0.2) is 50.4 Å². The lowest BCUT2D eigenvalue weighted by Crippen LogP contribution is -3.14. The third-order valence-corrected chi connectivity index (χ3v) is 6.27. The lowest BCUT2D eigenvalue weighted by Gasteiger charge is -2.31. The van der Waals surface area contributed by atoms with Gasteiger partial charge in [-0.05, 0) is 32.4 Å². The quantitative estimate of drug-likeness (QED) is 0.481. The average molecular weight is 354 g/mol. The maximum absolute atomic E-state index is 12.8. The van der Waals surface area contributed by atoms with Gasteiger partial charge in [0.1, 0.15) is 0 Å². The summed E-state index contributed by atoms with van der Waals surface area (Å²) in [5.41, 5.74) is 1.58. The van der Waals surface area contributed by atoms with E-state index in [1.165, 1.54) is 26.9 Å². The highest BCUT2D eigenvalue weighted by Gasteiger charge is 2.32. The zero-order chi connectivity index (χ0) is 17.9. The Morgan fingerprint density at radius 3 is 2.50 bits per heavy atom. The minimum Gasteiger partial charge on any atom is -0.329 e. The summed E-state index contributed by atoms with van der Waals surface area (Å²) in [7, 11) is -3.70. The molecule has 0 saturated carbocycles. The Morgan fingerprint density at radius 1 is 1.33 bits per heavy atom. The van der Waals surface area contributed by atoms with Gasteiger partial charge < -0.3 is 4.90 Å². The lowest BCUT2D eigenvalue weighted by atomic mass is 10.2. The second-order valence-corrected chi connectivity index (χ2v) is 8.25. The van der Waals surface area contributed by atoms with Crippen LogP contribution in [0.15, 0.2) is 34.7 Å². The molecule has 0 aromatic heterocycles. The Bertz CT molecular complexity index is 747. The summed E-state index contributed by atoms with van der Waals surface area (Å²) < 4.78 is 27.1. The number of aryl methyl sites for hydroxylation is 1. The van der Waals surface area contributed by atoms with Gasteiger partial charge in [0.05, 0.1) is 42.5 Å². The molecule has 0 bridgehead atoms. The molecule has 132 valence electrons. The maximum atomic E-state index is 12.8. The van der Waals surface area contributed by atoms with Gasteiger partial charge >= 0.3 is 0 Å². The summed E-state index contributed by atoms with van der Waals surface area (Å²) in [6.07, 6.45) is 2.16. The second-order valence-electron chi connectivity index (χ2n) is 6.35. The number of benzene rings is 1. The third-order valence-electron chi connectivity index (χ3n) is 4.23. The van der Waals surface area contributed by atoms with Gasteiger partial charge in [-0.25, -0.2) is 8.42 Å². The van der Waals surface area contributed by atoms with Crippen molar-refractivity contribution in [3.63, 3.8) is 0 Å². The zero-order valence-electron chi connectivity index (χ0n) is 14.3. The fourth-order valence-corrected chi connectivity index (χ4v) is 4.40. The fraction of sp³-hybridized carbons (Fsp3) is 0.500. The number of nitrogens with zero attached hydrogens (tertiary/aromatic N) is 2. The lowest BCUT2D eigenvalue weighted by molar-refractivity contribution is -0.897. The van der Waals surface area contributed by atoms with Crippen LogP contribution in [-0.2, 0) is 10.0 Å². The molecule has 1 heterocycles. The van der Waals surface area contributed by atoms with E-state index in [0.29, 0.717) is 18.7 Å². The van der Waals surface area contributed by atoms with Crippen molar-refractivity contribution in [3.8, 4) is 0 Å². The van der Waals surface area contributed by atoms with Crippen molar-refractivity contribution in [1.82, 2.24) is 4.31 Å². The number of hydrogen-bond donors (Lipinski definition) is 1. The number of non-ortho nitro benzene ring substituents is 1. The van der Waals surface area contributed by atoms with E-state index in [-0.39, 0.29) is 10.6 Å². The van der Waals surface area contributed by atoms with Crippen LogP contribution < -0.4 is 4.90 Å². The van der Waals surface area contributed by atoms with Crippen molar-refractivity contribution in [2.75, 3.05) is 32.7 Å². The van der Waals surface area contributed by atoms with Crippen LogP contribution >= 0.6 is 0 Å². The molecule has 24 heavy (non-hydrogen) atoms. The fourth-order valence-electron chi connectivity index (χ4n) is 2.71. The van der Waals surface area contributed by atoms with Crippen molar-refractivity contribution in [3.05, 3.63) is 45.5 Å². The Kier molecular flexibility index (Phi) is 5.74. The van der Waals surface area contributed by atoms with E-state index < -0.39 is 14.9 Å². The molecule has 1 saturated heterocycles. The zero-order valence-corrected chi connectivity index (χ0v) is 15.1. The van der Waals surface area contributed by atoms with Gasteiger partial charge in [-0.3, -0.25) is 10.1 Å². The van der Waals surface area contributed by atoms with Gasteiger partial charge in [-0.2, -0.15) is 4.31 Å².